The molecule has 2 aromatic rings. The average Bonchev–Trinajstić information content (AvgIpc) is 2.39. The van der Waals surface area contributed by atoms with Crippen molar-refractivity contribution < 1.29 is 0 Å². The third-order valence-electron chi connectivity index (χ3n) is 3.00. The van der Waals surface area contributed by atoms with E-state index in [-0.39, 0.29) is 6.04 Å². The second kappa shape index (κ2) is 5.35. The highest BCUT2D eigenvalue weighted by Gasteiger charge is 2.11. The number of hydrogen-bond acceptors (Lipinski definition) is 1. The lowest BCUT2D eigenvalue weighted by molar-refractivity contribution is 0.850. The molecule has 2 heteroatoms. The summed E-state index contributed by atoms with van der Waals surface area (Å²) in [6.45, 7) is 2.15. The van der Waals surface area contributed by atoms with Crippen LogP contribution in [0.4, 0.5) is 0 Å². The van der Waals surface area contributed by atoms with Crippen LogP contribution in [0.15, 0.2) is 48.5 Å². The summed E-state index contributed by atoms with van der Waals surface area (Å²) in [6, 6.07) is 16.0. The van der Waals surface area contributed by atoms with Crippen LogP contribution < -0.4 is 5.73 Å². The molecule has 0 aliphatic rings. The van der Waals surface area contributed by atoms with Gasteiger partial charge < -0.3 is 5.73 Å². The fraction of sp³-hybridized carbons (Fsp3) is 0.200. The number of nitrogens with two attached hydrogens (primary N) is 1. The van der Waals surface area contributed by atoms with E-state index >= 15 is 0 Å². The zero-order valence-electron chi connectivity index (χ0n) is 9.86. The van der Waals surface area contributed by atoms with Gasteiger partial charge in [-0.05, 0) is 35.2 Å². The third-order valence-corrected chi connectivity index (χ3v) is 3.25. The van der Waals surface area contributed by atoms with E-state index in [9.17, 15) is 0 Å². The molecule has 0 saturated carbocycles. The van der Waals surface area contributed by atoms with E-state index in [0.717, 1.165) is 17.0 Å². The Labute approximate surface area is 107 Å². The maximum atomic E-state index is 6.30. The van der Waals surface area contributed by atoms with Crippen LogP contribution in [0.3, 0.4) is 0 Å². The minimum Gasteiger partial charge on any atom is -0.320 e. The molecule has 0 heterocycles. The van der Waals surface area contributed by atoms with Gasteiger partial charge in [0.25, 0.3) is 0 Å². The van der Waals surface area contributed by atoms with E-state index in [1.165, 1.54) is 11.1 Å². The molecule has 0 amide bonds. The van der Waals surface area contributed by atoms with E-state index in [2.05, 4.69) is 25.1 Å². The monoisotopic (exact) mass is 245 g/mol. The van der Waals surface area contributed by atoms with Crippen molar-refractivity contribution in [3.63, 3.8) is 0 Å². The minimum absolute atomic E-state index is 0.0802. The van der Waals surface area contributed by atoms with Crippen molar-refractivity contribution in [2.45, 2.75) is 19.4 Å². The van der Waals surface area contributed by atoms with Gasteiger partial charge in [-0.1, -0.05) is 54.9 Å². The molecule has 0 aromatic heterocycles. The zero-order valence-corrected chi connectivity index (χ0v) is 10.6. The molecule has 2 aromatic carbocycles. The maximum Gasteiger partial charge on any atom is 0.0554 e. The summed E-state index contributed by atoms with van der Waals surface area (Å²) in [5.74, 6) is 0. The van der Waals surface area contributed by atoms with Crippen LogP contribution in [-0.2, 0) is 6.42 Å². The standard InChI is InChI=1S/C15H16ClN/c1-2-11-5-3-4-6-14(11)15(17)12-7-9-13(16)10-8-12/h3-10,15H,2,17H2,1H3. The third kappa shape index (κ3) is 2.68. The molecule has 0 aliphatic carbocycles. The summed E-state index contributed by atoms with van der Waals surface area (Å²) in [4.78, 5) is 0. The number of hydrogen-bond donors (Lipinski definition) is 1. The van der Waals surface area contributed by atoms with Crippen LogP contribution >= 0.6 is 11.6 Å². The summed E-state index contributed by atoms with van der Waals surface area (Å²) >= 11 is 5.88. The smallest absolute Gasteiger partial charge is 0.0554 e. The quantitative estimate of drug-likeness (QED) is 0.871. The fourth-order valence-electron chi connectivity index (χ4n) is 2.01. The van der Waals surface area contributed by atoms with Crippen LogP contribution in [0, 0.1) is 0 Å². The fourth-order valence-corrected chi connectivity index (χ4v) is 2.14. The van der Waals surface area contributed by atoms with Crippen LogP contribution in [0.2, 0.25) is 5.02 Å². The topological polar surface area (TPSA) is 26.0 Å². The highest BCUT2D eigenvalue weighted by atomic mass is 35.5. The lowest BCUT2D eigenvalue weighted by atomic mass is 9.94. The molecule has 0 radical (unpaired) electrons. The highest BCUT2D eigenvalue weighted by molar-refractivity contribution is 6.30. The first kappa shape index (κ1) is 12.2. The highest BCUT2D eigenvalue weighted by Crippen LogP contribution is 2.24. The van der Waals surface area contributed by atoms with Crippen molar-refractivity contribution in [2.24, 2.45) is 5.73 Å². The van der Waals surface area contributed by atoms with Crippen molar-refractivity contribution >= 4 is 11.6 Å². The second-order valence-electron chi connectivity index (χ2n) is 4.08. The van der Waals surface area contributed by atoms with Crippen LogP contribution in [-0.4, -0.2) is 0 Å². The largest absolute Gasteiger partial charge is 0.320 e. The summed E-state index contributed by atoms with van der Waals surface area (Å²) in [7, 11) is 0. The Morgan fingerprint density at radius 2 is 1.71 bits per heavy atom. The maximum absolute atomic E-state index is 6.30. The molecule has 0 spiro atoms. The molecule has 0 aliphatic heterocycles. The van der Waals surface area contributed by atoms with Crippen molar-refractivity contribution in [3.8, 4) is 0 Å². The van der Waals surface area contributed by atoms with Gasteiger partial charge in [0.15, 0.2) is 0 Å². The Morgan fingerprint density at radius 3 is 2.35 bits per heavy atom. The van der Waals surface area contributed by atoms with Gasteiger partial charge in [0, 0.05) is 5.02 Å². The van der Waals surface area contributed by atoms with Gasteiger partial charge in [0.2, 0.25) is 0 Å². The molecule has 1 nitrogen and oxygen atoms in total. The molecular weight excluding hydrogens is 230 g/mol. The van der Waals surface area contributed by atoms with Crippen molar-refractivity contribution in [2.75, 3.05) is 0 Å². The molecule has 17 heavy (non-hydrogen) atoms. The Balaban J connectivity index is 2.36. The molecular formula is C15H16ClN. The lowest BCUT2D eigenvalue weighted by Gasteiger charge is -2.16. The second-order valence-corrected chi connectivity index (χ2v) is 4.52. The summed E-state index contributed by atoms with van der Waals surface area (Å²) in [5.41, 5.74) is 9.89. The molecule has 1 atom stereocenters. The lowest BCUT2D eigenvalue weighted by Crippen LogP contribution is -2.13. The molecule has 2 rings (SSSR count). The first-order valence-electron chi connectivity index (χ1n) is 5.81. The van der Waals surface area contributed by atoms with E-state index in [4.69, 9.17) is 17.3 Å². The predicted molar refractivity (Wildman–Crippen MR) is 73.3 cm³/mol. The predicted octanol–water partition coefficient (Wildman–Crippen LogP) is 3.95. The van der Waals surface area contributed by atoms with Crippen molar-refractivity contribution in [1.82, 2.24) is 0 Å². The summed E-state index contributed by atoms with van der Waals surface area (Å²) in [6.07, 6.45) is 0.997. The Hall–Kier alpha value is -1.31. The number of halogens is 1. The molecule has 2 N–H and O–H groups in total. The van der Waals surface area contributed by atoms with E-state index < -0.39 is 0 Å². The van der Waals surface area contributed by atoms with Crippen LogP contribution in [0.1, 0.15) is 29.7 Å². The Morgan fingerprint density at radius 1 is 1.06 bits per heavy atom. The van der Waals surface area contributed by atoms with Gasteiger partial charge >= 0.3 is 0 Å². The van der Waals surface area contributed by atoms with E-state index in [1.807, 2.05) is 30.3 Å². The molecule has 88 valence electrons. The van der Waals surface area contributed by atoms with Crippen molar-refractivity contribution in [1.29, 1.82) is 0 Å². The van der Waals surface area contributed by atoms with Crippen LogP contribution in [0.25, 0.3) is 0 Å². The van der Waals surface area contributed by atoms with E-state index in [0.29, 0.717) is 0 Å². The zero-order chi connectivity index (χ0) is 12.3. The molecule has 0 saturated heterocycles. The average molecular weight is 246 g/mol. The van der Waals surface area contributed by atoms with Crippen LogP contribution in [0.5, 0.6) is 0 Å². The normalized spacial score (nSPS) is 12.4. The van der Waals surface area contributed by atoms with Gasteiger partial charge in [0.1, 0.15) is 0 Å². The number of aryl methyl sites for hydroxylation is 1. The Bertz CT molecular complexity index is 491. The van der Waals surface area contributed by atoms with Gasteiger partial charge in [-0.3, -0.25) is 0 Å². The van der Waals surface area contributed by atoms with Gasteiger partial charge in [-0.25, -0.2) is 0 Å². The van der Waals surface area contributed by atoms with Gasteiger partial charge in [-0.2, -0.15) is 0 Å². The summed E-state index contributed by atoms with van der Waals surface area (Å²) in [5, 5.41) is 0.740. The van der Waals surface area contributed by atoms with Gasteiger partial charge in [-0.15, -0.1) is 0 Å². The first-order valence-corrected chi connectivity index (χ1v) is 6.19. The van der Waals surface area contributed by atoms with Gasteiger partial charge in [0.05, 0.1) is 6.04 Å². The first-order chi connectivity index (χ1) is 8.22. The Kier molecular flexibility index (Phi) is 3.82. The van der Waals surface area contributed by atoms with E-state index in [1.54, 1.807) is 0 Å². The molecule has 1 unspecified atom stereocenters. The minimum atomic E-state index is -0.0802. The SMILES string of the molecule is CCc1ccccc1C(N)c1ccc(Cl)cc1. The number of benzene rings is 2. The molecule has 0 bridgehead atoms. The van der Waals surface area contributed by atoms with Crippen molar-refractivity contribution in [3.05, 3.63) is 70.2 Å². The molecule has 0 fully saturated rings. The summed E-state index contributed by atoms with van der Waals surface area (Å²) < 4.78 is 0. The number of rotatable bonds is 3.